The van der Waals surface area contributed by atoms with Crippen molar-refractivity contribution in [1.29, 1.82) is 0 Å². The van der Waals surface area contributed by atoms with Crippen molar-refractivity contribution in [3.05, 3.63) is 0 Å². The summed E-state index contributed by atoms with van der Waals surface area (Å²) in [5.74, 6) is -1.11. The molecule has 16 heavy (non-hydrogen) atoms. The Bertz CT molecular complexity index is 303. The van der Waals surface area contributed by atoms with E-state index in [1.165, 1.54) is 0 Å². The molecular weight excluding hydrogens is 208 g/mol. The summed E-state index contributed by atoms with van der Waals surface area (Å²) in [7, 11) is 0. The minimum Gasteiger partial charge on any atom is -0.481 e. The van der Waals surface area contributed by atoms with Gasteiger partial charge in [0.05, 0.1) is 11.5 Å². The van der Waals surface area contributed by atoms with E-state index >= 15 is 0 Å². The molecule has 5 heteroatoms. The Kier molecular flexibility index (Phi) is 3.28. The minimum absolute atomic E-state index is 0.185. The Hall–Kier alpha value is -1.10. The third kappa shape index (κ3) is 2.72. The third-order valence-electron chi connectivity index (χ3n) is 3.12. The first-order chi connectivity index (χ1) is 7.19. The van der Waals surface area contributed by atoms with E-state index in [-0.39, 0.29) is 17.9 Å². The van der Waals surface area contributed by atoms with Gasteiger partial charge in [0.2, 0.25) is 5.91 Å². The average Bonchev–Trinajstić information content (AvgIpc) is 2.92. The summed E-state index contributed by atoms with van der Waals surface area (Å²) in [5, 5.41) is 11.6. The van der Waals surface area contributed by atoms with Crippen LogP contribution in [-0.4, -0.2) is 29.6 Å². The van der Waals surface area contributed by atoms with E-state index < -0.39 is 17.4 Å². The normalized spacial score (nSPS) is 20.0. The number of hydrogen-bond donors (Lipinski definition) is 3. The summed E-state index contributed by atoms with van der Waals surface area (Å²) in [5.41, 5.74) is 4.72. The highest BCUT2D eigenvalue weighted by Gasteiger charge is 2.50. The summed E-state index contributed by atoms with van der Waals surface area (Å²) in [6.45, 7) is 5.81. The number of nitrogens with one attached hydrogen (secondary N) is 1. The van der Waals surface area contributed by atoms with Gasteiger partial charge in [-0.2, -0.15) is 0 Å². The van der Waals surface area contributed by atoms with Crippen molar-refractivity contribution < 1.29 is 14.7 Å². The lowest BCUT2D eigenvalue weighted by atomic mass is 9.87. The first-order valence-electron chi connectivity index (χ1n) is 5.46. The lowest BCUT2D eigenvalue weighted by molar-refractivity contribution is -0.143. The maximum Gasteiger partial charge on any atom is 0.311 e. The van der Waals surface area contributed by atoms with E-state index in [9.17, 15) is 9.59 Å². The van der Waals surface area contributed by atoms with Gasteiger partial charge < -0.3 is 16.2 Å². The van der Waals surface area contributed by atoms with Crippen molar-refractivity contribution in [2.75, 3.05) is 6.54 Å². The van der Waals surface area contributed by atoms with Crippen molar-refractivity contribution in [2.45, 2.75) is 39.7 Å². The lowest BCUT2D eigenvalue weighted by Gasteiger charge is -2.26. The zero-order valence-corrected chi connectivity index (χ0v) is 10.0. The van der Waals surface area contributed by atoms with Gasteiger partial charge in [0.15, 0.2) is 0 Å². The van der Waals surface area contributed by atoms with E-state index in [1.807, 2.05) is 20.8 Å². The minimum atomic E-state index is -0.836. The third-order valence-corrected chi connectivity index (χ3v) is 3.12. The van der Waals surface area contributed by atoms with Crippen LogP contribution in [0.3, 0.4) is 0 Å². The van der Waals surface area contributed by atoms with Crippen molar-refractivity contribution in [3.8, 4) is 0 Å². The zero-order chi connectivity index (χ0) is 12.6. The van der Waals surface area contributed by atoms with E-state index in [4.69, 9.17) is 10.8 Å². The van der Waals surface area contributed by atoms with Gasteiger partial charge in [-0.15, -0.1) is 0 Å². The first kappa shape index (κ1) is 13.0. The summed E-state index contributed by atoms with van der Waals surface area (Å²) >= 11 is 0. The summed E-state index contributed by atoms with van der Waals surface area (Å²) < 4.78 is 0. The van der Waals surface area contributed by atoms with Crippen LogP contribution in [0.25, 0.3) is 0 Å². The number of aliphatic carboxylic acids is 1. The molecule has 0 bridgehead atoms. The number of carboxylic acid groups (broad SMARTS) is 1. The predicted molar refractivity (Wildman–Crippen MR) is 59.7 cm³/mol. The molecule has 0 heterocycles. The van der Waals surface area contributed by atoms with Crippen LogP contribution in [-0.2, 0) is 9.59 Å². The number of hydrogen-bond acceptors (Lipinski definition) is 3. The number of carboxylic acids is 1. The largest absolute Gasteiger partial charge is 0.481 e. The van der Waals surface area contributed by atoms with Gasteiger partial charge in [0, 0.05) is 6.54 Å². The molecule has 0 aromatic rings. The van der Waals surface area contributed by atoms with Crippen LogP contribution in [0.1, 0.15) is 33.6 Å². The molecule has 1 aliphatic carbocycles. The first-order valence-corrected chi connectivity index (χ1v) is 5.46. The van der Waals surface area contributed by atoms with E-state index in [0.29, 0.717) is 12.8 Å². The fourth-order valence-corrected chi connectivity index (χ4v) is 1.38. The molecule has 0 saturated heterocycles. The van der Waals surface area contributed by atoms with Crippen molar-refractivity contribution in [2.24, 2.45) is 16.6 Å². The van der Waals surface area contributed by atoms with Crippen LogP contribution >= 0.6 is 0 Å². The maximum absolute atomic E-state index is 11.7. The molecule has 0 aliphatic heterocycles. The molecule has 1 rings (SSSR count). The number of nitrogens with two attached hydrogens (primary N) is 1. The van der Waals surface area contributed by atoms with Gasteiger partial charge in [-0.05, 0) is 18.3 Å². The highest BCUT2D eigenvalue weighted by atomic mass is 16.4. The monoisotopic (exact) mass is 228 g/mol. The second kappa shape index (κ2) is 4.05. The Balaban J connectivity index is 2.45. The van der Waals surface area contributed by atoms with Crippen LogP contribution in [0.15, 0.2) is 0 Å². The van der Waals surface area contributed by atoms with Crippen LogP contribution in [0.4, 0.5) is 0 Å². The van der Waals surface area contributed by atoms with E-state index in [2.05, 4.69) is 5.32 Å². The van der Waals surface area contributed by atoms with Crippen LogP contribution in [0, 0.1) is 10.8 Å². The standard InChI is InChI=1S/C11H20N2O3/c1-10(2,3)7(12)8(14)13-6-11(4-5-11)9(15)16/h7H,4-6,12H2,1-3H3,(H,13,14)(H,15,16)/t7-/m0/s1. The Morgan fingerprint density at radius 3 is 2.25 bits per heavy atom. The van der Waals surface area contributed by atoms with Gasteiger partial charge in [-0.1, -0.05) is 20.8 Å². The van der Waals surface area contributed by atoms with Crippen LogP contribution in [0.2, 0.25) is 0 Å². The molecule has 1 fully saturated rings. The lowest BCUT2D eigenvalue weighted by Crippen LogP contribution is -2.50. The van der Waals surface area contributed by atoms with Gasteiger partial charge in [0.25, 0.3) is 0 Å². The quantitative estimate of drug-likeness (QED) is 0.647. The predicted octanol–water partition coefficient (Wildman–Crippen LogP) is 0.341. The Labute approximate surface area is 95.4 Å². The second-order valence-corrected chi connectivity index (χ2v) is 5.65. The zero-order valence-electron chi connectivity index (χ0n) is 10.0. The maximum atomic E-state index is 11.7. The van der Waals surface area contributed by atoms with Crippen LogP contribution < -0.4 is 11.1 Å². The molecule has 4 N–H and O–H groups in total. The van der Waals surface area contributed by atoms with Crippen molar-refractivity contribution in [1.82, 2.24) is 5.32 Å². The van der Waals surface area contributed by atoms with E-state index in [1.54, 1.807) is 0 Å². The molecular formula is C11H20N2O3. The SMILES string of the molecule is CC(C)(C)[C@@H](N)C(=O)NCC1(C(=O)O)CC1. The fourth-order valence-electron chi connectivity index (χ4n) is 1.38. The van der Waals surface area contributed by atoms with Crippen molar-refractivity contribution >= 4 is 11.9 Å². The topological polar surface area (TPSA) is 92.4 Å². The molecule has 1 amide bonds. The smallest absolute Gasteiger partial charge is 0.311 e. The molecule has 0 aromatic carbocycles. The molecule has 1 atom stereocenters. The van der Waals surface area contributed by atoms with Crippen molar-refractivity contribution in [3.63, 3.8) is 0 Å². The molecule has 0 unspecified atom stereocenters. The average molecular weight is 228 g/mol. The van der Waals surface area contributed by atoms with Gasteiger partial charge in [-0.25, -0.2) is 0 Å². The second-order valence-electron chi connectivity index (χ2n) is 5.65. The Morgan fingerprint density at radius 1 is 1.44 bits per heavy atom. The van der Waals surface area contributed by atoms with Gasteiger partial charge in [-0.3, -0.25) is 9.59 Å². The van der Waals surface area contributed by atoms with E-state index in [0.717, 1.165) is 0 Å². The fraction of sp³-hybridized carbons (Fsp3) is 0.818. The highest BCUT2D eigenvalue weighted by molar-refractivity contribution is 5.84. The number of rotatable bonds is 4. The number of amides is 1. The molecule has 1 saturated carbocycles. The molecule has 0 radical (unpaired) electrons. The summed E-state index contributed by atoms with van der Waals surface area (Å²) in [6.07, 6.45) is 1.26. The van der Waals surface area contributed by atoms with Crippen LogP contribution in [0.5, 0.6) is 0 Å². The highest BCUT2D eigenvalue weighted by Crippen LogP contribution is 2.45. The molecule has 92 valence electrons. The molecule has 5 nitrogen and oxygen atoms in total. The Morgan fingerprint density at radius 2 is 1.94 bits per heavy atom. The number of carbonyl (C=O) groups is 2. The number of carbonyl (C=O) groups excluding carboxylic acids is 1. The van der Waals surface area contributed by atoms with Gasteiger partial charge in [0.1, 0.15) is 0 Å². The molecule has 0 spiro atoms. The summed E-state index contributed by atoms with van der Waals surface area (Å²) in [6, 6.07) is -0.614. The molecule has 0 aromatic heterocycles. The molecule has 1 aliphatic rings. The summed E-state index contributed by atoms with van der Waals surface area (Å²) in [4.78, 5) is 22.5. The van der Waals surface area contributed by atoms with Gasteiger partial charge >= 0.3 is 5.97 Å².